The molecule has 0 aliphatic carbocycles. The first-order chi connectivity index (χ1) is 12.4. The Morgan fingerprint density at radius 2 is 1.96 bits per heavy atom. The van der Waals surface area contributed by atoms with E-state index in [0.29, 0.717) is 24.5 Å². The minimum absolute atomic E-state index is 0.0905. The fraction of sp³-hybridized carbons (Fsp3) is 0.294. The molecule has 0 saturated carbocycles. The molecule has 6 nitrogen and oxygen atoms in total. The quantitative estimate of drug-likeness (QED) is 0.900. The second-order valence-electron chi connectivity index (χ2n) is 5.66. The molecule has 3 rings (SSSR count). The van der Waals surface area contributed by atoms with Gasteiger partial charge in [-0.25, -0.2) is 9.78 Å². The minimum Gasteiger partial charge on any atom is -0.495 e. The molecule has 0 radical (unpaired) electrons. The molecule has 1 saturated heterocycles. The molecule has 1 aliphatic heterocycles. The number of aromatic nitrogens is 1. The number of hydrogen-bond acceptors (Lipinski definition) is 4. The van der Waals surface area contributed by atoms with Crippen LogP contribution in [-0.2, 0) is 6.18 Å². The van der Waals surface area contributed by atoms with Crippen LogP contribution in [0.5, 0.6) is 11.6 Å². The summed E-state index contributed by atoms with van der Waals surface area (Å²) in [6, 6.07) is 8.78. The Morgan fingerprint density at radius 3 is 2.58 bits per heavy atom. The van der Waals surface area contributed by atoms with Gasteiger partial charge in [0, 0.05) is 12.3 Å². The molecule has 138 valence electrons. The Hall–Kier alpha value is -2.97. The summed E-state index contributed by atoms with van der Waals surface area (Å²) < 4.78 is 48.1. The van der Waals surface area contributed by atoms with Crippen molar-refractivity contribution in [3.63, 3.8) is 0 Å². The Morgan fingerprint density at radius 1 is 1.23 bits per heavy atom. The lowest BCUT2D eigenvalue weighted by Crippen LogP contribution is -2.57. The molecule has 1 aliphatic rings. The van der Waals surface area contributed by atoms with E-state index < -0.39 is 11.7 Å². The number of nitrogens with one attached hydrogen (secondary N) is 1. The molecule has 1 aromatic heterocycles. The van der Waals surface area contributed by atoms with E-state index in [4.69, 9.17) is 9.47 Å². The maximum Gasteiger partial charge on any atom is 0.417 e. The molecule has 0 spiro atoms. The van der Waals surface area contributed by atoms with Crippen LogP contribution in [0.25, 0.3) is 0 Å². The van der Waals surface area contributed by atoms with Crippen molar-refractivity contribution < 1.29 is 27.4 Å². The fourth-order valence-corrected chi connectivity index (χ4v) is 2.41. The Balaban J connectivity index is 1.50. The first-order valence-corrected chi connectivity index (χ1v) is 7.75. The number of nitrogens with zero attached hydrogens (tertiary/aromatic N) is 2. The van der Waals surface area contributed by atoms with E-state index in [1.807, 2.05) is 0 Å². The first kappa shape index (κ1) is 17.8. The summed E-state index contributed by atoms with van der Waals surface area (Å²) in [4.78, 5) is 17.3. The van der Waals surface area contributed by atoms with E-state index in [0.717, 1.165) is 12.3 Å². The van der Waals surface area contributed by atoms with Gasteiger partial charge in [-0.15, -0.1) is 0 Å². The maximum absolute atomic E-state index is 12.5. The van der Waals surface area contributed by atoms with Gasteiger partial charge in [-0.2, -0.15) is 13.2 Å². The molecule has 0 unspecified atom stereocenters. The third-order valence-corrected chi connectivity index (χ3v) is 3.83. The number of carbonyl (C=O) groups excluding carboxylic acids is 1. The van der Waals surface area contributed by atoms with Gasteiger partial charge in [0.2, 0.25) is 5.88 Å². The van der Waals surface area contributed by atoms with Crippen molar-refractivity contribution >= 4 is 11.7 Å². The highest BCUT2D eigenvalue weighted by atomic mass is 19.4. The van der Waals surface area contributed by atoms with Gasteiger partial charge in [-0.05, 0) is 18.2 Å². The Kier molecular flexibility index (Phi) is 4.88. The smallest absolute Gasteiger partial charge is 0.417 e. The van der Waals surface area contributed by atoms with Crippen LogP contribution in [-0.4, -0.2) is 42.2 Å². The molecule has 9 heteroatoms. The number of likely N-dealkylation sites (tertiary alicyclic amines) is 1. The number of halogens is 3. The predicted molar refractivity (Wildman–Crippen MR) is 87.2 cm³/mol. The van der Waals surface area contributed by atoms with Crippen molar-refractivity contribution in [2.24, 2.45) is 0 Å². The van der Waals surface area contributed by atoms with Gasteiger partial charge >= 0.3 is 12.2 Å². The van der Waals surface area contributed by atoms with E-state index in [2.05, 4.69) is 10.3 Å². The van der Waals surface area contributed by atoms with Crippen LogP contribution in [0.1, 0.15) is 5.56 Å². The highest BCUT2D eigenvalue weighted by Crippen LogP contribution is 2.29. The van der Waals surface area contributed by atoms with Crippen molar-refractivity contribution in [2.45, 2.75) is 12.3 Å². The number of benzene rings is 1. The number of hydrogen-bond donors (Lipinski definition) is 1. The number of amides is 2. The summed E-state index contributed by atoms with van der Waals surface area (Å²) in [5, 5.41) is 2.74. The zero-order chi connectivity index (χ0) is 18.7. The van der Waals surface area contributed by atoms with Gasteiger partial charge in [0.05, 0.1) is 31.5 Å². The number of urea groups is 1. The molecule has 0 bridgehead atoms. The summed E-state index contributed by atoms with van der Waals surface area (Å²) in [5.74, 6) is 0.635. The first-order valence-electron chi connectivity index (χ1n) is 7.75. The number of ether oxygens (including phenoxy) is 2. The highest BCUT2D eigenvalue weighted by Gasteiger charge is 2.34. The number of carbonyl (C=O) groups is 1. The van der Waals surface area contributed by atoms with Crippen LogP contribution in [0.3, 0.4) is 0 Å². The van der Waals surface area contributed by atoms with Crippen molar-refractivity contribution in [3.05, 3.63) is 48.2 Å². The number of alkyl halides is 3. The molecule has 1 aromatic carbocycles. The topological polar surface area (TPSA) is 63.7 Å². The number of anilines is 1. The van der Waals surface area contributed by atoms with Gasteiger partial charge in [-0.3, -0.25) is 0 Å². The molecule has 2 amide bonds. The SMILES string of the molecule is COc1ccccc1NC(=O)N1CC(Oc2ccc(C(F)(F)F)cn2)C1. The molecule has 0 atom stereocenters. The van der Waals surface area contributed by atoms with E-state index in [9.17, 15) is 18.0 Å². The van der Waals surface area contributed by atoms with E-state index in [-0.39, 0.29) is 18.0 Å². The fourth-order valence-electron chi connectivity index (χ4n) is 2.41. The number of rotatable bonds is 4. The zero-order valence-electron chi connectivity index (χ0n) is 13.8. The lowest BCUT2D eigenvalue weighted by Gasteiger charge is -2.38. The highest BCUT2D eigenvalue weighted by molar-refractivity contribution is 5.91. The standard InChI is InChI=1S/C17H16F3N3O3/c1-25-14-5-3-2-4-13(14)22-16(24)23-9-12(10-23)26-15-7-6-11(8-21-15)17(18,19)20/h2-8,12H,9-10H2,1H3,(H,22,24). The predicted octanol–water partition coefficient (Wildman–Crippen LogP) is 3.40. The molecular formula is C17H16F3N3O3. The lowest BCUT2D eigenvalue weighted by molar-refractivity contribution is -0.137. The average molecular weight is 367 g/mol. The van der Waals surface area contributed by atoms with Gasteiger partial charge in [-0.1, -0.05) is 12.1 Å². The van der Waals surface area contributed by atoms with E-state index in [1.165, 1.54) is 18.1 Å². The second kappa shape index (κ2) is 7.11. The second-order valence-corrected chi connectivity index (χ2v) is 5.66. The van der Waals surface area contributed by atoms with Gasteiger partial charge in [0.15, 0.2) is 0 Å². The molecule has 1 N–H and O–H groups in total. The van der Waals surface area contributed by atoms with Crippen LogP contribution < -0.4 is 14.8 Å². The maximum atomic E-state index is 12.5. The summed E-state index contributed by atoms with van der Waals surface area (Å²) in [6.07, 6.45) is -4.03. The zero-order valence-corrected chi connectivity index (χ0v) is 13.8. The van der Waals surface area contributed by atoms with Gasteiger partial charge in [0.25, 0.3) is 0 Å². The average Bonchev–Trinajstić information content (AvgIpc) is 2.57. The summed E-state index contributed by atoms with van der Waals surface area (Å²) in [7, 11) is 1.51. The van der Waals surface area contributed by atoms with Crippen LogP contribution >= 0.6 is 0 Å². The summed E-state index contributed by atoms with van der Waals surface area (Å²) in [6.45, 7) is 0.618. The Labute approximate surface area is 147 Å². The molecule has 2 heterocycles. The summed E-state index contributed by atoms with van der Waals surface area (Å²) in [5.41, 5.74) is -0.287. The van der Waals surface area contributed by atoms with Gasteiger partial charge in [0.1, 0.15) is 11.9 Å². The molecule has 2 aromatic rings. The van der Waals surface area contributed by atoms with Gasteiger partial charge < -0.3 is 19.7 Å². The van der Waals surface area contributed by atoms with Crippen LogP contribution in [0.2, 0.25) is 0 Å². The van der Waals surface area contributed by atoms with Crippen LogP contribution in [0.4, 0.5) is 23.7 Å². The van der Waals surface area contributed by atoms with Crippen LogP contribution in [0, 0.1) is 0 Å². The van der Waals surface area contributed by atoms with Crippen molar-refractivity contribution in [1.29, 1.82) is 0 Å². The molecule has 1 fully saturated rings. The van der Waals surface area contributed by atoms with E-state index >= 15 is 0 Å². The molecule has 26 heavy (non-hydrogen) atoms. The number of para-hydroxylation sites is 2. The molecular weight excluding hydrogens is 351 g/mol. The largest absolute Gasteiger partial charge is 0.495 e. The third-order valence-electron chi connectivity index (χ3n) is 3.83. The minimum atomic E-state index is -4.44. The monoisotopic (exact) mass is 367 g/mol. The lowest BCUT2D eigenvalue weighted by atomic mass is 10.2. The van der Waals surface area contributed by atoms with Crippen LogP contribution in [0.15, 0.2) is 42.6 Å². The Bertz CT molecular complexity index is 775. The summed E-state index contributed by atoms with van der Waals surface area (Å²) >= 11 is 0. The normalized spacial score (nSPS) is 14.5. The van der Waals surface area contributed by atoms with Crippen molar-refractivity contribution in [3.8, 4) is 11.6 Å². The van der Waals surface area contributed by atoms with E-state index in [1.54, 1.807) is 24.3 Å². The number of methoxy groups -OCH3 is 1. The third kappa shape index (κ3) is 3.98. The van der Waals surface area contributed by atoms with Crippen molar-refractivity contribution in [1.82, 2.24) is 9.88 Å². The number of pyridine rings is 1. The van der Waals surface area contributed by atoms with Crippen molar-refractivity contribution in [2.75, 3.05) is 25.5 Å².